The molecule has 0 aliphatic heterocycles. The van der Waals surface area contributed by atoms with Gasteiger partial charge in [0.25, 0.3) is 0 Å². The van der Waals surface area contributed by atoms with Gasteiger partial charge in [-0.05, 0) is 50.5 Å². The van der Waals surface area contributed by atoms with Crippen molar-refractivity contribution in [3.05, 3.63) is 53.2 Å². The number of nitrogens with zero attached hydrogens (tertiary/aromatic N) is 1. The number of aromatic nitrogens is 1. The average Bonchev–Trinajstić information content (AvgIpc) is 2.81. The quantitative estimate of drug-likeness (QED) is 0.293. The van der Waals surface area contributed by atoms with Gasteiger partial charge in [0, 0.05) is 42.0 Å². The molecule has 35 heavy (non-hydrogen) atoms. The van der Waals surface area contributed by atoms with Crippen molar-refractivity contribution in [3.63, 3.8) is 0 Å². The average molecular weight is 481 g/mol. The van der Waals surface area contributed by atoms with Crippen molar-refractivity contribution in [2.45, 2.75) is 53.2 Å². The van der Waals surface area contributed by atoms with Crippen LogP contribution in [-0.4, -0.2) is 41.9 Å². The summed E-state index contributed by atoms with van der Waals surface area (Å²) in [4.78, 5) is 16.4. The molecular formula is C27H36N4O4. The van der Waals surface area contributed by atoms with E-state index in [1.54, 1.807) is 13.1 Å². The second-order valence-corrected chi connectivity index (χ2v) is 8.39. The van der Waals surface area contributed by atoms with Gasteiger partial charge in [-0.1, -0.05) is 19.1 Å². The van der Waals surface area contributed by atoms with Crippen LogP contribution in [0.4, 0.5) is 11.4 Å². The minimum atomic E-state index is -0.433. The predicted octanol–water partition coefficient (Wildman–Crippen LogP) is 3.84. The monoisotopic (exact) mass is 480 g/mol. The maximum absolute atomic E-state index is 11.9. The highest BCUT2D eigenvalue weighted by Crippen LogP contribution is 2.38. The van der Waals surface area contributed by atoms with E-state index in [2.05, 4.69) is 28.6 Å². The van der Waals surface area contributed by atoms with Gasteiger partial charge in [-0.2, -0.15) is 0 Å². The van der Waals surface area contributed by atoms with Crippen molar-refractivity contribution >= 4 is 28.2 Å². The Hall–Kier alpha value is -3.36. The number of hydrogen-bond acceptors (Lipinski definition) is 7. The molecule has 1 heterocycles. The number of nitrogens with two attached hydrogens (primary N) is 1. The highest BCUT2D eigenvalue weighted by molar-refractivity contribution is 5.98. The summed E-state index contributed by atoms with van der Waals surface area (Å²) in [6, 6.07) is 9.87. The topological polar surface area (TPSA) is 119 Å². The first-order valence-electron chi connectivity index (χ1n) is 12.1. The SMILES string of the molecule is CCOc1cc2ncc(CC(N)=O)c(Nc3cccc(CNCC(C)O)c3CC)c2cc1OCC. The van der Waals surface area contributed by atoms with Crippen LogP contribution in [0, 0.1) is 0 Å². The molecule has 1 atom stereocenters. The van der Waals surface area contributed by atoms with Gasteiger partial charge in [-0.3, -0.25) is 9.78 Å². The summed E-state index contributed by atoms with van der Waals surface area (Å²) < 4.78 is 11.6. The Morgan fingerprint density at radius 3 is 2.46 bits per heavy atom. The van der Waals surface area contributed by atoms with Crippen molar-refractivity contribution in [1.29, 1.82) is 0 Å². The van der Waals surface area contributed by atoms with Gasteiger partial charge in [0.1, 0.15) is 0 Å². The Morgan fingerprint density at radius 1 is 1.11 bits per heavy atom. The molecule has 5 N–H and O–H groups in total. The molecule has 0 fully saturated rings. The summed E-state index contributed by atoms with van der Waals surface area (Å²) in [6.07, 6.45) is 2.13. The van der Waals surface area contributed by atoms with Crippen molar-refractivity contribution in [2.24, 2.45) is 5.73 Å². The summed E-state index contributed by atoms with van der Waals surface area (Å²) in [5.41, 5.74) is 11.0. The van der Waals surface area contributed by atoms with Crippen molar-refractivity contribution in [1.82, 2.24) is 10.3 Å². The van der Waals surface area contributed by atoms with Gasteiger partial charge in [-0.15, -0.1) is 0 Å². The Labute approximate surface area is 206 Å². The molecule has 2 aromatic carbocycles. The Morgan fingerprint density at radius 2 is 1.83 bits per heavy atom. The number of ether oxygens (including phenoxy) is 2. The number of hydrogen-bond donors (Lipinski definition) is 4. The maximum atomic E-state index is 11.9. The summed E-state index contributed by atoms with van der Waals surface area (Å²) in [5, 5.41) is 17.3. The number of nitrogens with one attached hydrogen (secondary N) is 2. The van der Waals surface area contributed by atoms with Crippen LogP contribution < -0.4 is 25.8 Å². The lowest BCUT2D eigenvalue weighted by molar-refractivity contribution is -0.117. The first kappa shape index (κ1) is 26.2. The minimum absolute atomic E-state index is 0.0551. The van der Waals surface area contributed by atoms with Crippen molar-refractivity contribution in [3.8, 4) is 11.5 Å². The van der Waals surface area contributed by atoms with Crippen LogP contribution in [0.1, 0.15) is 44.4 Å². The van der Waals surface area contributed by atoms with Gasteiger partial charge >= 0.3 is 0 Å². The largest absolute Gasteiger partial charge is 0.490 e. The highest BCUT2D eigenvalue weighted by atomic mass is 16.5. The number of anilines is 2. The number of aliphatic hydroxyl groups excluding tert-OH is 1. The van der Waals surface area contributed by atoms with E-state index in [4.69, 9.17) is 15.2 Å². The summed E-state index contributed by atoms with van der Waals surface area (Å²) in [6.45, 7) is 9.86. The number of carbonyl (C=O) groups is 1. The fourth-order valence-electron chi connectivity index (χ4n) is 4.13. The molecule has 0 spiro atoms. The van der Waals surface area contributed by atoms with Crippen LogP contribution in [0.15, 0.2) is 36.5 Å². The van der Waals surface area contributed by atoms with Gasteiger partial charge in [0.05, 0.1) is 36.9 Å². The zero-order chi connectivity index (χ0) is 25.4. The van der Waals surface area contributed by atoms with E-state index >= 15 is 0 Å². The lowest BCUT2D eigenvalue weighted by atomic mass is 10.0. The molecule has 0 saturated carbocycles. The number of rotatable bonds is 13. The van der Waals surface area contributed by atoms with Crippen LogP contribution in [0.3, 0.4) is 0 Å². The normalized spacial score (nSPS) is 11.9. The van der Waals surface area contributed by atoms with Crippen LogP contribution in [0.2, 0.25) is 0 Å². The van der Waals surface area contributed by atoms with Gasteiger partial charge < -0.3 is 30.9 Å². The van der Waals surface area contributed by atoms with Crippen LogP contribution >= 0.6 is 0 Å². The number of carbonyl (C=O) groups excluding carboxylic acids is 1. The zero-order valence-corrected chi connectivity index (χ0v) is 21.0. The second-order valence-electron chi connectivity index (χ2n) is 8.39. The minimum Gasteiger partial charge on any atom is -0.490 e. The van der Waals surface area contributed by atoms with Gasteiger partial charge in [0.15, 0.2) is 11.5 Å². The van der Waals surface area contributed by atoms with E-state index in [9.17, 15) is 9.90 Å². The van der Waals surface area contributed by atoms with Crippen molar-refractivity contribution in [2.75, 3.05) is 25.1 Å². The fraction of sp³-hybridized carbons (Fsp3) is 0.407. The predicted molar refractivity (Wildman–Crippen MR) is 139 cm³/mol. The molecule has 3 aromatic rings. The molecule has 1 unspecified atom stereocenters. The number of fused-ring (bicyclic) bond motifs is 1. The molecule has 0 bridgehead atoms. The van der Waals surface area contributed by atoms with E-state index < -0.39 is 12.0 Å². The molecule has 1 aromatic heterocycles. The zero-order valence-electron chi connectivity index (χ0n) is 21.0. The third kappa shape index (κ3) is 6.61. The van der Waals surface area contributed by atoms with Crippen LogP contribution in [0.5, 0.6) is 11.5 Å². The Bertz CT molecular complexity index is 1160. The number of pyridine rings is 1. The van der Waals surface area contributed by atoms with E-state index in [0.29, 0.717) is 43.4 Å². The molecule has 0 aliphatic carbocycles. The highest BCUT2D eigenvalue weighted by Gasteiger charge is 2.17. The second kappa shape index (κ2) is 12.4. The van der Waals surface area contributed by atoms with Crippen LogP contribution in [0.25, 0.3) is 10.9 Å². The molecule has 0 aliphatic rings. The lowest BCUT2D eigenvalue weighted by Crippen LogP contribution is -2.24. The molecule has 0 saturated heterocycles. The molecule has 8 heteroatoms. The third-order valence-electron chi connectivity index (χ3n) is 5.62. The summed E-state index contributed by atoms with van der Waals surface area (Å²) in [7, 11) is 0. The van der Waals surface area contributed by atoms with E-state index in [0.717, 1.165) is 39.8 Å². The molecule has 1 amide bonds. The first-order chi connectivity index (χ1) is 16.9. The Kier molecular flexibility index (Phi) is 9.28. The van der Waals surface area contributed by atoms with E-state index in [1.807, 2.05) is 38.1 Å². The number of amides is 1. The first-order valence-corrected chi connectivity index (χ1v) is 12.1. The smallest absolute Gasteiger partial charge is 0.221 e. The number of benzene rings is 2. The Balaban J connectivity index is 2.12. The number of aliphatic hydroxyl groups is 1. The number of primary amides is 1. The standard InChI is InChI=1S/C27H36N4O4/c1-5-20-18(15-29-14-17(4)32)9-8-10-22(20)31-27-19(11-26(28)33)16-30-23-13-25(35-7-3)24(34-6-2)12-21(23)27/h8-10,12-13,16-17,29,32H,5-7,11,14-15H2,1-4H3,(H2,28,33)(H,30,31). The molecule has 8 nitrogen and oxygen atoms in total. The van der Waals surface area contributed by atoms with Gasteiger partial charge in [-0.25, -0.2) is 0 Å². The van der Waals surface area contributed by atoms with Gasteiger partial charge in [0.2, 0.25) is 5.91 Å². The van der Waals surface area contributed by atoms with E-state index in [-0.39, 0.29) is 6.42 Å². The molecule has 3 rings (SSSR count). The third-order valence-corrected chi connectivity index (χ3v) is 5.62. The van der Waals surface area contributed by atoms with Crippen LogP contribution in [-0.2, 0) is 24.2 Å². The molecule has 0 radical (unpaired) electrons. The molecule has 188 valence electrons. The fourth-order valence-corrected chi connectivity index (χ4v) is 4.13. The van der Waals surface area contributed by atoms with E-state index in [1.165, 1.54) is 0 Å². The maximum Gasteiger partial charge on any atom is 0.221 e. The lowest BCUT2D eigenvalue weighted by Gasteiger charge is -2.20. The van der Waals surface area contributed by atoms with Crippen molar-refractivity contribution < 1.29 is 19.4 Å². The molecular weight excluding hydrogens is 444 g/mol. The summed E-state index contributed by atoms with van der Waals surface area (Å²) >= 11 is 0. The summed E-state index contributed by atoms with van der Waals surface area (Å²) in [5.74, 6) is 0.815.